The molecule has 0 amide bonds. The molecule has 0 aliphatic heterocycles. The Morgan fingerprint density at radius 3 is 2.43 bits per heavy atom. The Balaban J connectivity index is 2.31. The number of benzene rings is 2. The van der Waals surface area contributed by atoms with Crippen molar-refractivity contribution >= 4 is 26.0 Å². The van der Waals surface area contributed by atoms with Crippen molar-refractivity contribution in [2.24, 2.45) is 0 Å². The minimum Gasteiger partial charge on any atom is -0.207 e. The Kier molecular flexibility index (Phi) is 4.75. The molecule has 0 saturated carbocycles. The lowest BCUT2D eigenvalue weighted by Crippen LogP contribution is -2.27. The van der Waals surface area contributed by atoms with Gasteiger partial charge < -0.3 is 0 Å². The van der Waals surface area contributed by atoms with E-state index in [2.05, 4.69) is 15.9 Å². The predicted octanol–water partition coefficient (Wildman–Crippen LogP) is 3.55. The van der Waals surface area contributed by atoms with Gasteiger partial charge in [-0.3, -0.25) is 0 Å². The van der Waals surface area contributed by atoms with Gasteiger partial charge in [0.2, 0.25) is 10.0 Å². The molecule has 0 bridgehead atoms. The van der Waals surface area contributed by atoms with Crippen LogP contribution in [0.4, 0.5) is 8.78 Å². The maximum atomic E-state index is 13.6. The van der Waals surface area contributed by atoms with Crippen molar-refractivity contribution in [1.29, 1.82) is 0 Å². The van der Waals surface area contributed by atoms with Gasteiger partial charge in [0.05, 0.1) is 4.90 Å². The van der Waals surface area contributed by atoms with Gasteiger partial charge in [0.15, 0.2) is 0 Å². The van der Waals surface area contributed by atoms with Crippen molar-refractivity contribution in [3.63, 3.8) is 0 Å². The summed E-state index contributed by atoms with van der Waals surface area (Å²) in [5.41, 5.74) is 0.106. The van der Waals surface area contributed by atoms with Gasteiger partial charge in [-0.25, -0.2) is 17.2 Å². The summed E-state index contributed by atoms with van der Waals surface area (Å²) >= 11 is 3.18. The fourth-order valence-corrected chi connectivity index (χ4v) is 3.90. The highest BCUT2D eigenvalue weighted by Gasteiger charge is 2.24. The highest BCUT2D eigenvalue weighted by molar-refractivity contribution is 9.10. The number of sulfonamides is 1. The van der Waals surface area contributed by atoms with Crippen molar-refractivity contribution in [2.45, 2.75) is 11.4 Å². The average molecular weight is 376 g/mol. The summed E-state index contributed by atoms with van der Waals surface area (Å²) in [6, 6.07) is 9.42. The molecule has 2 rings (SSSR count). The molecule has 112 valence electrons. The van der Waals surface area contributed by atoms with Gasteiger partial charge >= 0.3 is 0 Å². The van der Waals surface area contributed by atoms with Crippen LogP contribution < -0.4 is 0 Å². The number of hydrogen-bond donors (Lipinski definition) is 0. The van der Waals surface area contributed by atoms with Crippen LogP contribution in [0.3, 0.4) is 0 Å². The summed E-state index contributed by atoms with van der Waals surface area (Å²) in [5.74, 6) is -1.48. The van der Waals surface area contributed by atoms with E-state index in [0.717, 1.165) is 16.4 Å². The summed E-state index contributed by atoms with van der Waals surface area (Å²) in [6.07, 6.45) is 0. The van der Waals surface area contributed by atoms with E-state index in [1.165, 1.54) is 19.2 Å². The van der Waals surface area contributed by atoms with Crippen LogP contribution in [0.1, 0.15) is 5.56 Å². The Labute approximate surface area is 130 Å². The summed E-state index contributed by atoms with van der Waals surface area (Å²) in [5, 5.41) is 0. The molecule has 2 aromatic rings. The lowest BCUT2D eigenvalue weighted by Gasteiger charge is -2.18. The first-order chi connectivity index (χ1) is 9.82. The number of nitrogens with zero attached hydrogens (tertiary/aromatic N) is 1. The van der Waals surface area contributed by atoms with E-state index < -0.39 is 21.7 Å². The smallest absolute Gasteiger partial charge is 0.207 e. The monoisotopic (exact) mass is 375 g/mol. The molecule has 0 aliphatic carbocycles. The quantitative estimate of drug-likeness (QED) is 0.819. The van der Waals surface area contributed by atoms with Crippen molar-refractivity contribution in [1.82, 2.24) is 4.31 Å². The van der Waals surface area contributed by atoms with E-state index in [9.17, 15) is 17.2 Å². The Morgan fingerprint density at radius 1 is 1.14 bits per heavy atom. The third kappa shape index (κ3) is 3.48. The zero-order valence-electron chi connectivity index (χ0n) is 11.1. The highest BCUT2D eigenvalue weighted by atomic mass is 79.9. The highest BCUT2D eigenvalue weighted by Crippen LogP contribution is 2.25. The first-order valence-corrected chi connectivity index (χ1v) is 8.20. The minimum atomic E-state index is -3.77. The van der Waals surface area contributed by atoms with Gasteiger partial charge in [0, 0.05) is 29.7 Å². The largest absolute Gasteiger partial charge is 0.244 e. The van der Waals surface area contributed by atoms with E-state index >= 15 is 0 Å². The van der Waals surface area contributed by atoms with Crippen LogP contribution >= 0.6 is 15.9 Å². The summed E-state index contributed by atoms with van der Waals surface area (Å²) in [7, 11) is -2.42. The molecule has 3 nitrogen and oxygen atoms in total. The van der Waals surface area contributed by atoms with Gasteiger partial charge in [0.1, 0.15) is 11.6 Å². The molecular formula is C14H12BrF2NO2S. The van der Waals surface area contributed by atoms with Gasteiger partial charge in [-0.1, -0.05) is 18.2 Å². The van der Waals surface area contributed by atoms with Gasteiger partial charge in [-0.2, -0.15) is 4.31 Å². The molecule has 7 heteroatoms. The van der Waals surface area contributed by atoms with Crippen molar-refractivity contribution in [3.8, 4) is 0 Å². The van der Waals surface area contributed by atoms with Gasteiger partial charge in [-0.05, 0) is 34.1 Å². The van der Waals surface area contributed by atoms with Crippen LogP contribution in [0.15, 0.2) is 51.8 Å². The summed E-state index contributed by atoms with van der Waals surface area (Å²) in [6.45, 7) is -0.185. The van der Waals surface area contributed by atoms with Crippen LogP contribution in [0.5, 0.6) is 0 Å². The third-order valence-corrected chi connectivity index (χ3v) is 5.75. The van der Waals surface area contributed by atoms with Crippen LogP contribution in [0, 0.1) is 11.6 Å². The van der Waals surface area contributed by atoms with Crippen LogP contribution in [-0.4, -0.2) is 19.8 Å². The molecule has 0 radical (unpaired) electrons. The van der Waals surface area contributed by atoms with Gasteiger partial charge in [0.25, 0.3) is 0 Å². The molecule has 0 fully saturated rings. The van der Waals surface area contributed by atoms with E-state index in [1.54, 1.807) is 18.2 Å². The fourth-order valence-electron chi connectivity index (χ4n) is 1.80. The number of hydrogen-bond acceptors (Lipinski definition) is 2. The maximum absolute atomic E-state index is 13.6. The topological polar surface area (TPSA) is 37.4 Å². The number of halogens is 3. The standard InChI is InChI=1S/C14H12BrF2NO2S/c1-18(9-10-6-7-11(16)8-13(10)17)21(19,20)14-5-3-2-4-12(14)15/h2-8H,9H2,1H3. The Morgan fingerprint density at radius 2 is 1.81 bits per heavy atom. The first kappa shape index (κ1) is 16.1. The summed E-state index contributed by atoms with van der Waals surface area (Å²) in [4.78, 5) is 0.0926. The zero-order valence-corrected chi connectivity index (χ0v) is 13.5. The average Bonchev–Trinajstić information content (AvgIpc) is 2.42. The van der Waals surface area contributed by atoms with Crippen LogP contribution in [-0.2, 0) is 16.6 Å². The minimum absolute atomic E-state index is 0.0926. The molecule has 0 aliphatic rings. The van der Waals surface area contributed by atoms with Crippen molar-refractivity contribution in [2.75, 3.05) is 7.05 Å². The summed E-state index contributed by atoms with van der Waals surface area (Å²) < 4.78 is 52.8. The lowest BCUT2D eigenvalue weighted by molar-refractivity contribution is 0.454. The zero-order chi connectivity index (χ0) is 15.6. The lowest BCUT2D eigenvalue weighted by atomic mass is 10.2. The molecule has 0 unspecified atom stereocenters. The molecule has 0 saturated heterocycles. The van der Waals surface area contributed by atoms with E-state index in [0.29, 0.717) is 4.47 Å². The second-order valence-corrected chi connectivity index (χ2v) is 7.29. The van der Waals surface area contributed by atoms with Crippen LogP contribution in [0.25, 0.3) is 0 Å². The molecule has 0 spiro atoms. The molecular weight excluding hydrogens is 364 g/mol. The molecule has 0 atom stereocenters. The Bertz CT molecular complexity index is 765. The maximum Gasteiger partial charge on any atom is 0.244 e. The fraction of sp³-hybridized carbons (Fsp3) is 0.143. The van der Waals surface area contributed by atoms with Gasteiger partial charge in [-0.15, -0.1) is 0 Å². The van der Waals surface area contributed by atoms with Crippen molar-refractivity contribution < 1.29 is 17.2 Å². The first-order valence-electron chi connectivity index (χ1n) is 5.97. The normalized spacial score (nSPS) is 11.9. The molecule has 0 aromatic heterocycles. The predicted molar refractivity (Wildman–Crippen MR) is 79.2 cm³/mol. The molecule has 0 heterocycles. The molecule has 21 heavy (non-hydrogen) atoms. The van der Waals surface area contributed by atoms with E-state index in [4.69, 9.17) is 0 Å². The van der Waals surface area contributed by atoms with E-state index in [1.807, 2.05) is 0 Å². The van der Waals surface area contributed by atoms with E-state index in [-0.39, 0.29) is 17.0 Å². The van der Waals surface area contributed by atoms with Crippen molar-refractivity contribution in [3.05, 3.63) is 64.1 Å². The third-order valence-electron chi connectivity index (χ3n) is 2.93. The molecule has 2 aromatic carbocycles. The molecule has 0 N–H and O–H groups in total. The van der Waals surface area contributed by atoms with Crippen LogP contribution in [0.2, 0.25) is 0 Å². The second-order valence-electron chi connectivity index (χ2n) is 4.43. The number of rotatable bonds is 4. The second kappa shape index (κ2) is 6.21. The SMILES string of the molecule is CN(Cc1ccc(F)cc1F)S(=O)(=O)c1ccccc1Br. The Hall–Kier alpha value is -1.31.